The van der Waals surface area contributed by atoms with E-state index in [2.05, 4.69) is 47.9 Å². The van der Waals surface area contributed by atoms with E-state index in [1.54, 1.807) is 14.2 Å². The first-order chi connectivity index (χ1) is 15.0. The number of fused-ring (bicyclic) bond motifs is 1. The second-order valence-electron chi connectivity index (χ2n) is 8.63. The van der Waals surface area contributed by atoms with E-state index in [4.69, 9.17) is 18.9 Å². The summed E-state index contributed by atoms with van der Waals surface area (Å²) in [4.78, 5) is 4.90. The standard InChI is InChI=1S/C25H34N2O4/c1-18-13-27(14-19(2)31-18)15-20-5-8-24-22(11-20)17-26(9-10-30-24)16-21-6-7-23(28-3)12-25(21)29-4/h5-8,11-12,18-19H,9-10,13-17H2,1-4H3/t18-,19+. The Morgan fingerprint density at radius 3 is 2.48 bits per heavy atom. The van der Waals surface area contributed by atoms with Gasteiger partial charge >= 0.3 is 0 Å². The van der Waals surface area contributed by atoms with Crippen molar-refractivity contribution < 1.29 is 18.9 Å². The maximum atomic E-state index is 6.06. The van der Waals surface area contributed by atoms with Crippen LogP contribution in [0.4, 0.5) is 0 Å². The summed E-state index contributed by atoms with van der Waals surface area (Å²) in [7, 11) is 3.38. The van der Waals surface area contributed by atoms with Crippen LogP contribution in [-0.2, 0) is 24.4 Å². The highest BCUT2D eigenvalue weighted by Crippen LogP contribution is 2.29. The number of hydrogen-bond donors (Lipinski definition) is 0. The van der Waals surface area contributed by atoms with Crippen LogP contribution >= 0.6 is 0 Å². The molecule has 31 heavy (non-hydrogen) atoms. The van der Waals surface area contributed by atoms with E-state index in [-0.39, 0.29) is 12.2 Å². The molecule has 0 radical (unpaired) electrons. The van der Waals surface area contributed by atoms with Gasteiger partial charge in [-0.1, -0.05) is 12.1 Å². The van der Waals surface area contributed by atoms with Crippen molar-refractivity contribution in [1.82, 2.24) is 9.80 Å². The van der Waals surface area contributed by atoms with Crippen molar-refractivity contribution in [2.75, 3.05) is 40.5 Å². The van der Waals surface area contributed by atoms with Crippen LogP contribution in [-0.4, -0.2) is 62.5 Å². The van der Waals surface area contributed by atoms with Gasteiger partial charge in [0.05, 0.1) is 26.4 Å². The second kappa shape index (κ2) is 9.90. The minimum Gasteiger partial charge on any atom is -0.497 e. The summed E-state index contributed by atoms with van der Waals surface area (Å²) in [5, 5.41) is 0. The van der Waals surface area contributed by atoms with Crippen LogP contribution in [0, 0.1) is 0 Å². The highest BCUT2D eigenvalue weighted by atomic mass is 16.5. The maximum absolute atomic E-state index is 6.06. The van der Waals surface area contributed by atoms with Gasteiger partial charge in [0, 0.05) is 56.5 Å². The Labute approximate surface area is 185 Å². The molecule has 4 rings (SSSR count). The predicted octanol–water partition coefficient (Wildman–Crippen LogP) is 3.71. The van der Waals surface area contributed by atoms with E-state index in [9.17, 15) is 0 Å². The Kier molecular flexibility index (Phi) is 7.00. The lowest BCUT2D eigenvalue weighted by Crippen LogP contribution is -2.44. The van der Waals surface area contributed by atoms with Gasteiger partial charge in [-0.25, -0.2) is 0 Å². The van der Waals surface area contributed by atoms with Crippen LogP contribution in [0.15, 0.2) is 36.4 Å². The summed E-state index contributed by atoms with van der Waals surface area (Å²) >= 11 is 0. The number of benzene rings is 2. The molecule has 0 aromatic heterocycles. The van der Waals surface area contributed by atoms with Gasteiger partial charge in [0.15, 0.2) is 0 Å². The molecule has 0 unspecified atom stereocenters. The molecule has 0 aliphatic carbocycles. The molecule has 2 aliphatic heterocycles. The van der Waals surface area contributed by atoms with E-state index < -0.39 is 0 Å². The quantitative estimate of drug-likeness (QED) is 0.702. The van der Waals surface area contributed by atoms with Gasteiger partial charge in [-0.2, -0.15) is 0 Å². The molecule has 168 valence electrons. The monoisotopic (exact) mass is 426 g/mol. The smallest absolute Gasteiger partial charge is 0.127 e. The number of methoxy groups -OCH3 is 2. The Morgan fingerprint density at radius 1 is 0.935 bits per heavy atom. The van der Waals surface area contributed by atoms with Crippen molar-refractivity contribution in [3.8, 4) is 17.2 Å². The third-order valence-corrected chi connectivity index (χ3v) is 5.97. The minimum atomic E-state index is 0.280. The van der Waals surface area contributed by atoms with Crippen LogP contribution in [0.25, 0.3) is 0 Å². The molecule has 2 aliphatic rings. The van der Waals surface area contributed by atoms with Crippen molar-refractivity contribution >= 4 is 0 Å². The Morgan fingerprint density at radius 2 is 1.74 bits per heavy atom. The summed E-state index contributed by atoms with van der Waals surface area (Å²) in [5.41, 5.74) is 3.73. The van der Waals surface area contributed by atoms with E-state index >= 15 is 0 Å². The van der Waals surface area contributed by atoms with Crippen molar-refractivity contribution in [2.45, 2.75) is 45.7 Å². The van der Waals surface area contributed by atoms with Crippen LogP contribution < -0.4 is 14.2 Å². The number of nitrogens with zero attached hydrogens (tertiary/aromatic N) is 2. The fourth-order valence-electron chi connectivity index (χ4n) is 4.63. The molecule has 6 heteroatoms. The lowest BCUT2D eigenvalue weighted by atomic mass is 10.1. The lowest BCUT2D eigenvalue weighted by molar-refractivity contribution is -0.0704. The van der Waals surface area contributed by atoms with E-state index in [1.165, 1.54) is 11.1 Å². The van der Waals surface area contributed by atoms with Crippen LogP contribution in [0.3, 0.4) is 0 Å². The van der Waals surface area contributed by atoms with Crippen molar-refractivity contribution in [1.29, 1.82) is 0 Å². The zero-order valence-electron chi connectivity index (χ0n) is 19.1. The van der Waals surface area contributed by atoms with Gasteiger partial charge in [-0.05, 0) is 37.6 Å². The molecule has 1 saturated heterocycles. The molecule has 6 nitrogen and oxygen atoms in total. The molecular weight excluding hydrogens is 392 g/mol. The zero-order chi connectivity index (χ0) is 21.8. The van der Waals surface area contributed by atoms with Gasteiger partial charge in [0.25, 0.3) is 0 Å². The third kappa shape index (κ3) is 5.50. The third-order valence-electron chi connectivity index (χ3n) is 5.97. The second-order valence-corrected chi connectivity index (χ2v) is 8.63. The zero-order valence-corrected chi connectivity index (χ0v) is 19.1. The molecule has 1 fully saturated rings. The Bertz CT molecular complexity index is 878. The molecular formula is C25H34N2O4. The van der Waals surface area contributed by atoms with Gasteiger partial charge < -0.3 is 18.9 Å². The summed E-state index contributed by atoms with van der Waals surface area (Å²) in [6.07, 6.45) is 0.561. The van der Waals surface area contributed by atoms with Crippen LogP contribution in [0.2, 0.25) is 0 Å². The molecule has 0 spiro atoms. The fraction of sp³-hybridized carbons (Fsp3) is 0.520. The van der Waals surface area contributed by atoms with Gasteiger partial charge in [0.1, 0.15) is 23.9 Å². The van der Waals surface area contributed by atoms with Crippen molar-refractivity contribution in [3.05, 3.63) is 53.1 Å². The average Bonchev–Trinajstić information content (AvgIpc) is 2.94. The summed E-state index contributed by atoms with van der Waals surface area (Å²) in [6, 6.07) is 12.7. The van der Waals surface area contributed by atoms with Gasteiger partial charge in [-0.3, -0.25) is 9.80 Å². The number of hydrogen-bond acceptors (Lipinski definition) is 6. The summed E-state index contributed by atoms with van der Waals surface area (Å²) < 4.78 is 22.9. The number of morpholine rings is 1. The highest BCUT2D eigenvalue weighted by molar-refractivity contribution is 5.41. The minimum absolute atomic E-state index is 0.280. The summed E-state index contributed by atoms with van der Waals surface area (Å²) in [6.45, 7) is 10.4. The van der Waals surface area contributed by atoms with Crippen LogP contribution in [0.5, 0.6) is 17.2 Å². The van der Waals surface area contributed by atoms with Crippen molar-refractivity contribution in [3.63, 3.8) is 0 Å². The largest absolute Gasteiger partial charge is 0.497 e. The maximum Gasteiger partial charge on any atom is 0.127 e. The summed E-state index contributed by atoms with van der Waals surface area (Å²) in [5.74, 6) is 2.66. The van der Waals surface area contributed by atoms with E-state index in [0.717, 1.165) is 62.1 Å². The molecule has 0 amide bonds. The molecule has 2 heterocycles. The molecule has 0 N–H and O–H groups in total. The lowest BCUT2D eigenvalue weighted by Gasteiger charge is -2.35. The molecule has 0 bridgehead atoms. The van der Waals surface area contributed by atoms with E-state index in [1.807, 2.05) is 12.1 Å². The normalized spacial score (nSPS) is 22.3. The number of rotatable bonds is 6. The van der Waals surface area contributed by atoms with Crippen molar-refractivity contribution in [2.24, 2.45) is 0 Å². The van der Waals surface area contributed by atoms with Crippen LogP contribution in [0.1, 0.15) is 30.5 Å². The molecule has 2 aromatic rings. The Balaban J connectivity index is 1.47. The Hall–Kier alpha value is -2.28. The molecule has 0 saturated carbocycles. The first-order valence-electron chi connectivity index (χ1n) is 11.1. The molecule has 2 aromatic carbocycles. The first kappa shape index (κ1) is 21.9. The van der Waals surface area contributed by atoms with Gasteiger partial charge in [0.2, 0.25) is 0 Å². The first-order valence-corrected chi connectivity index (χ1v) is 11.1. The molecule has 2 atom stereocenters. The SMILES string of the molecule is COc1ccc(CN2CCOc3ccc(CN4C[C@@H](C)O[C@@H](C)C4)cc3C2)c(OC)c1. The fourth-order valence-corrected chi connectivity index (χ4v) is 4.63. The topological polar surface area (TPSA) is 43.4 Å². The highest BCUT2D eigenvalue weighted by Gasteiger charge is 2.23. The van der Waals surface area contributed by atoms with Gasteiger partial charge in [-0.15, -0.1) is 0 Å². The number of ether oxygens (including phenoxy) is 4. The average molecular weight is 427 g/mol. The van der Waals surface area contributed by atoms with E-state index in [0.29, 0.717) is 6.61 Å². The predicted molar refractivity (Wildman–Crippen MR) is 121 cm³/mol.